The van der Waals surface area contributed by atoms with Crippen molar-refractivity contribution in [3.63, 3.8) is 0 Å². The third kappa shape index (κ3) is 3.25. The Morgan fingerprint density at radius 2 is 1.90 bits per heavy atom. The minimum Gasteiger partial charge on any atom is -0.376 e. The topological polar surface area (TPSA) is 76.7 Å². The molecule has 2 aliphatic heterocycles. The molecule has 1 saturated heterocycles. The number of alkyl halides is 1. The smallest absolute Gasteiger partial charge is 0.233 e. The number of hydrogen-bond acceptors (Lipinski definition) is 4. The minimum absolute atomic E-state index is 0.0426. The van der Waals surface area contributed by atoms with Gasteiger partial charge in [-0.2, -0.15) is 0 Å². The first-order valence-corrected chi connectivity index (χ1v) is 7.62. The molecule has 6 nitrogen and oxygen atoms in total. The van der Waals surface area contributed by atoms with Crippen LogP contribution < -0.4 is 10.6 Å². The number of fused-ring (bicyclic) bond motifs is 1. The number of hydrogen-bond donors (Lipinski definition) is 2. The number of carbonyl (C=O) groups is 2. The van der Waals surface area contributed by atoms with Crippen molar-refractivity contribution < 1.29 is 19.1 Å². The van der Waals surface area contributed by atoms with Gasteiger partial charge in [0.15, 0.2) is 0 Å². The van der Waals surface area contributed by atoms with Gasteiger partial charge in [0.2, 0.25) is 11.8 Å². The molecule has 7 heteroatoms. The Morgan fingerprint density at radius 3 is 2.62 bits per heavy atom. The maximum Gasteiger partial charge on any atom is 0.233 e. The Labute approximate surface area is 130 Å². The van der Waals surface area contributed by atoms with Crippen molar-refractivity contribution in [1.29, 1.82) is 0 Å². The second-order valence-corrected chi connectivity index (χ2v) is 5.95. The standard InChI is InChI=1S/C14H15BrN2O4/c15-14(11-7-20-3-4-21-11)8-1-2-9-10(5-8)17-13(19)6-12(18)16-9/h1-2,5,11,14H,3-4,6-7H2,(H,16,18)(H,17,19). The molecule has 1 fully saturated rings. The Kier molecular flexibility index (Phi) is 4.23. The van der Waals surface area contributed by atoms with E-state index >= 15 is 0 Å². The van der Waals surface area contributed by atoms with Crippen LogP contribution in [0.2, 0.25) is 0 Å². The fourth-order valence-electron chi connectivity index (χ4n) is 2.37. The summed E-state index contributed by atoms with van der Waals surface area (Å²) in [7, 11) is 0. The summed E-state index contributed by atoms with van der Waals surface area (Å²) in [5, 5.41) is 5.44. The third-order valence-electron chi connectivity index (χ3n) is 3.40. The fraction of sp³-hybridized carbons (Fsp3) is 0.429. The molecule has 2 unspecified atom stereocenters. The highest BCUT2D eigenvalue weighted by atomic mass is 79.9. The van der Waals surface area contributed by atoms with Crippen molar-refractivity contribution in [2.45, 2.75) is 17.4 Å². The van der Waals surface area contributed by atoms with Crippen LogP contribution in [0.3, 0.4) is 0 Å². The van der Waals surface area contributed by atoms with E-state index in [1.54, 1.807) is 6.07 Å². The molecular formula is C14H15BrN2O4. The number of ether oxygens (including phenoxy) is 2. The van der Waals surface area contributed by atoms with Crippen LogP contribution >= 0.6 is 15.9 Å². The minimum atomic E-state index is -0.313. The van der Waals surface area contributed by atoms with Crippen LogP contribution in [0, 0.1) is 0 Å². The highest BCUT2D eigenvalue weighted by Crippen LogP contribution is 2.34. The van der Waals surface area contributed by atoms with Gasteiger partial charge in [-0.05, 0) is 17.7 Å². The molecule has 2 N–H and O–H groups in total. The molecule has 0 aliphatic carbocycles. The third-order valence-corrected chi connectivity index (χ3v) is 4.52. The lowest BCUT2D eigenvalue weighted by Crippen LogP contribution is -2.31. The van der Waals surface area contributed by atoms with E-state index in [0.29, 0.717) is 31.2 Å². The van der Waals surface area contributed by atoms with Crippen LogP contribution in [0.1, 0.15) is 16.8 Å². The first-order valence-electron chi connectivity index (χ1n) is 6.70. The van der Waals surface area contributed by atoms with Crippen molar-refractivity contribution in [2.75, 3.05) is 30.5 Å². The molecule has 3 rings (SSSR count). The van der Waals surface area contributed by atoms with Gasteiger partial charge in [-0.1, -0.05) is 22.0 Å². The maximum atomic E-state index is 11.6. The molecule has 2 heterocycles. The summed E-state index contributed by atoms with van der Waals surface area (Å²) in [6.45, 7) is 1.71. The zero-order valence-corrected chi connectivity index (χ0v) is 12.8. The van der Waals surface area contributed by atoms with Crippen LogP contribution in [-0.2, 0) is 19.1 Å². The lowest BCUT2D eigenvalue weighted by atomic mass is 10.1. The second-order valence-electron chi connectivity index (χ2n) is 4.96. The Bertz CT molecular complexity index is 572. The van der Waals surface area contributed by atoms with Crippen LogP contribution in [0.15, 0.2) is 18.2 Å². The van der Waals surface area contributed by atoms with Gasteiger partial charge in [-0.15, -0.1) is 0 Å². The average Bonchev–Trinajstić information content (AvgIpc) is 2.63. The van der Waals surface area contributed by atoms with E-state index in [1.165, 1.54) is 0 Å². The number of rotatable bonds is 2. The molecule has 1 aromatic carbocycles. The zero-order chi connectivity index (χ0) is 14.8. The predicted molar refractivity (Wildman–Crippen MR) is 80.5 cm³/mol. The molecule has 2 amide bonds. The normalized spacial score (nSPS) is 23.6. The summed E-state index contributed by atoms with van der Waals surface area (Å²) in [6, 6.07) is 5.52. The van der Waals surface area contributed by atoms with Gasteiger partial charge >= 0.3 is 0 Å². The van der Waals surface area contributed by atoms with Crippen molar-refractivity contribution >= 4 is 39.1 Å². The number of halogens is 1. The van der Waals surface area contributed by atoms with Crippen LogP contribution in [0.25, 0.3) is 0 Å². The predicted octanol–water partition coefficient (Wildman–Crippen LogP) is 1.82. The highest BCUT2D eigenvalue weighted by molar-refractivity contribution is 9.09. The number of anilines is 2. The van der Waals surface area contributed by atoms with Crippen LogP contribution in [0.4, 0.5) is 11.4 Å². The van der Waals surface area contributed by atoms with Gasteiger partial charge in [-0.3, -0.25) is 9.59 Å². The summed E-state index contributed by atoms with van der Waals surface area (Å²) in [5.41, 5.74) is 2.17. The number of nitrogens with one attached hydrogen (secondary N) is 2. The Balaban J connectivity index is 1.84. The van der Waals surface area contributed by atoms with Crippen LogP contribution in [0.5, 0.6) is 0 Å². The largest absolute Gasteiger partial charge is 0.376 e. The first kappa shape index (κ1) is 14.5. The molecule has 0 bridgehead atoms. The molecule has 0 spiro atoms. The molecule has 0 radical (unpaired) electrons. The van der Waals surface area contributed by atoms with Gasteiger partial charge in [0.05, 0.1) is 42.1 Å². The van der Waals surface area contributed by atoms with Crippen molar-refractivity contribution in [3.05, 3.63) is 23.8 Å². The van der Waals surface area contributed by atoms with E-state index in [2.05, 4.69) is 26.6 Å². The molecule has 21 heavy (non-hydrogen) atoms. The number of amides is 2. The molecule has 0 saturated carbocycles. The van der Waals surface area contributed by atoms with E-state index in [9.17, 15) is 9.59 Å². The molecule has 2 aliphatic rings. The summed E-state index contributed by atoms with van der Waals surface area (Å²) in [6.07, 6.45) is -0.241. The summed E-state index contributed by atoms with van der Waals surface area (Å²) < 4.78 is 11.1. The first-order chi connectivity index (χ1) is 10.1. The summed E-state index contributed by atoms with van der Waals surface area (Å²) >= 11 is 3.62. The van der Waals surface area contributed by atoms with Gasteiger partial charge in [0.25, 0.3) is 0 Å². The SMILES string of the molecule is O=C1CC(=O)Nc2cc(C(Br)C3COCCO3)ccc2N1. The zero-order valence-electron chi connectivity index (χ0n) is 11.2. The number of carbonyl (C=O) groups excluding carboxylic acids is 2. The van der Waals surface area contributed by atoms with E-state index in [-0.39, 0.29) is 29.2 Å². The lowest BCUT2D eigenvalue weighted by molar-refractivity contribution is -0.123. The van der Waals surface area contributed by atoms with E-state index < -0.39 is 0 Å². The van der Waals surface area contributed by atoms with Gasteiger partial charge in [0, 0.05) is 0 Å². The molecule has 2 atom stereocenters. The summed E-state index contributed by atoms with van der Waals surface area (Å²) in [4.78, 5) is 23.1. The second kappa shape index (κ2) is 6.13. The molecule has 112 valence electrons. The van der Waals surface area contributed by atoms with Gasteiger partial charge in [-0.25, -0.2) is 0 Å². The van der Waals surface area contributed by atoms with Crippen molar-refractivity contribution in [3.8, 4) is 0 Å². The van der Waals surface area contributed by atoms with E-state index in [1.807, 2.05) is 12.1 Å². The Hall–Kier alpha value is -1.44. The average molecular weight is 355 g/mol. The van der Waals surface area contributed by atoms with Crippen molar-refractivity contribution in [2.24, 2.45) is 0 Å². The number of benzene rings is 1. The molecule has 0 aromatic heterocycles. The Morgan fingerprint density at radius 1 is 1.14 bits per heavy atom. The van der Waals surface area contributed by atoms with E-state index in [0.717, 1.165) is 5.56 Å². The van der Waals surface area contributed by atoms with E-state index in [4.69, 9.17) is 9.47 Å². The van der Waals surface area contributed by atoms with Crippen LogP contribution in [-0.4, -0.2) is 37.7 Å². The highest BCUT2D eigenvalue weighted by Gasteiger charge is 2.26. The monoisotopic (exact) mass is 354 g/mol. The lowest BCUT2D eigenvalue weighted by Gasteiger charge is -2.27. The quantitative estimate of drug-likeness (QED) is 0.627. The summed E-state index contributed by atoms with van der Waals surface area (Å²) in [5.74, 6) is -0.620. The molecule has 1 aromatic rings. The maximum absolute atomic E-state index is 11.6. The fourth-order valence-corrected chi connectivity index (χ4v) is 2.96. The van der Waals surface area contributed by atoms with Gasteiger partial charge < -0.3 is 20.1 Å². The van der Waals surface area contributed by atoms with Crippen molar-refractivity contribution in [1.82, 2.24) is 0 Å². The molecular weight excluding hydrogens is 340 g/mol. The van der Waals surface area contributed by atoms with Gasteiger partial charge in [0.1, 0.15) is 6.42 Å².